The summed E-state index contributed by atoms with van der Waals surface area (Å²) in [5.74, 6) is 0.252. The van der Waals surface area contributed by atoms with Gasteiger partial charge in [0.05, 0.1) is 16.6 Å². The minimum Gasteiger partial charge on any atom is -0.392 e. The lowest BCUT2D eigenvalue weighted by Crippen LogP contribution is -2.50. The molecule has 1 amide bonds. The number of rotatable bonds is 3. The summed E-state index contributed by atoms with van der Waals surface area (Å²) in [6.07, 6.45) is 6.96. The molecule has 16 heavy (non-hydrogen) atoms. The van der Waals surface area contributed by atoms with Gasteiger partial charge in [0.1, 0.15) is 0 Å². The van der Waals surface area contributed by atoms with Gasteiger partial charge in [0.15, 0.2) is 5.82 Å². The van der Waals surface area contributed by atoms with Crippen molar-refractivity contribution in [2.45, 2.75) is 19.3 Å². The van der Waals surface area contributed by atoms with Gasteiger partial charge in [-0.2, -0.15) is 0 Å². The number of carbonyl (C=O) groups excluding carboxylic acids is 1. The highest BCUT2D eigenvalue weighted by atomic mass is 32.1. The summed E-state index contributed by atoms with van der Waals surface area (Å²) in [5, 5.41) is 2.69. The molecule has 1 aromatic heterocycles. The van der Waals surface area contributed by atoms with Crippen molar-refractivity contribution in [2.75, 3.05) is 5.32 Å². The van der Waals surface area contributed by atoms with E-state index in [2.05, 4.69) is 15.3 Å². The van der Waals surface area contributed by atoms with E-state index in [4.69, 9.17) is 18.0 Å². The van der Waals surface area contributed by atoms with Crippen LogP contribution in [-0.4, -0.2) is 20.9 Å². The largest absolute Gasteiger partial charge is 0.392 e. The van der Waals surface area contributed by atoms with Crippen LogP contribution in [0.1, 0.15) is 19.3 Å². The van der Waals surface area contributed by atoms with Crippen LogP contribution < -0.4 is 11.1 Å². The summed E-state index contributed by atoms with van der Waals surface area (Å²) in [4.78, 5) is 20.1. The van der Waals surface area contributed by atoms with Gasteiger partial charge in [-0.15, -0.1) is 0 Å². The molecule has 0 aliphatic heterocycles. The first-order valence-electron chi connectivity index (χ1n) is 5.02. The molecule has 0 aromatic carbocycles. The maximum atomic E-state index is 12.0. The van der Waals surface area contributed by atoms with Gasteiger partial charge in [-0.3, -0.25) is 9.78 Å². The van der Waals surface area contributed by atoms with Crippen LogP contribution in [0.15, 0.2) is 18.6 Å². The highest BCUT2D eigenvalue weighted by Gasteiger charge is 2.47. The van der Waals surface area contributed by atoms with Crippen molar-refractivity contribution in [2.24, 2.45) is 11.1 Å². The Balaban J connectivity index is 2.11. The van der Waals surface area contributed by atoms with Gasteiger partial charge in [0.2, 0.25) is 5.91 Å². The summed E-state index contributed by atoms with van der Waals surface area (Å²) in [7, 11) is 0. The van der Waals surface area contributed by atoms with E-state index >= 15 is 0 Å². The molecule has 0 unspecified atom stereocenters. The van der Waals surface area contributed by atoms with E-state index in [0.717, 1.165) is 6.42 Å². The molecular weight excluding hydrogens is 224 g/mol. The highest BCUT2D eigenvalue weighted by molar-refractivity contribution is 7.80. The smallest absolute Gasteiger partial charge is 0.238 e. The minimum atomic E-state index is -0.674. The average Bonchev–Trinajstić information content (AvgIpc) is 2.16. The molecule has 84 valence electrons. The molecule has 0 spiro atoms. The van der Waals surface area contributed by atoms with Crippen LogP contribution in [0.25, 0.3) is 0 Å². The average molecular weight is 236 g/mol. The molecule has 2 rings (SSSR count). The van der Waals surface area contributed by atoms with Crippen LogP contribution >= 0.6 is 12.2 Å². The van der Waals surface area contributed by atoms with Crippen LogP contribution in [0.3, 0.4) is 0 Å². The Bertz CT molecular complexity index is 416. The van der Waals surface area contributed by atoms with E-state index in [1.807, 2.05) is 0 Å². The Morgan fingerprint density at radius 2 is 2.25 bits per heavy atom. The van der Waals surface area contributed by atoms with E-state index in [9.17, 15) is 4.79 Å². The van der Waals surface area contributed by atoms with Crippen LogP contribution in [-0.2, 0) is 4.79 Å². The first kappa shape index (κ1) is 10.9. The van der Waals surface area contributed by atoms with Gasteiger partial charge in [-0.05, 0) is 12.8 Å². The standard InChI is InChI=1S/C10H12N4OS/c11-8(16)10(2-1-3-10)9(15)14-7-6-12-4-5-13-7/h4-6H,1-3H2,(H2,11,16)(H,13,14,15). The van der Waals surface area contributed by atoms with Crippen LogP contribution in [0.2, 0.25) is 0 Å². The molecule has 0 radical (unpaired) electrons. The van der Waals surface area contributed by atoms with Crippen molar-refractivity contribution in [1.29, 1.82) is 0 Å². The molecular formula is C10H12N4OS. The second-order valence-electron chi connectivity index (χ2n) is 3.84. The van der Waals surface area contributed by atoms with Gasteiger partial charge in [0.25, 0.3) is 0 Å². The molecule has 5 nitrogen and oxygen atoms in total. The van der Waals surface area contributed by atoms with Gasteiger partial charge in [-0.1, -0.05) is 18.6 Å². The molecule has 1 aliphatic rings. The third-order valence-corrected chi connectivity index (χ3v) is 3.31. The Labute approximate surface area is 98.5 Å². The number of amides is 1. The third-order valence-electron chi connectivity index (χ3n) is 2.92. The van der Waals surface area contributed by atoms with Crippen molar-refractivity contribution in [3.05, 3.63) is 18.6 Å². The van der Waals surface area contributed by atoms with Gasteiger partial charge >= 0.3 is 0 Å². The second-order valence-corrected chi connectivity index (χ2v) is 4.28. The van der Waals surface area contributed by atoms with Crippen molar-refractivity contribution in [3.8, 4) is 0 Å². The van der Waals surface area contributed by atoms with Gasteiger partial charge < -0.3 is 11.1 Å². The van der Waals surface area contributed by atoms with Crippen molar-refractivity contribution in [3.63, 3.8) is 0 Å². The lowest BCUT2D eigenvalue weighted by atomic mass is 9.68. The molecule has 0 bridgehead atoms. The molecule has 3 N–H and O–H groups in total. The number of hydrogen-bond acceptors (Lipinski definition) is 4. The summed E-state index contributed by atoms with van der Waals surface area (Å²) < 4.78 is 0. The van der Waals surface area contributed by atoms with Gasteiger partial charge in [0, 0.05) is 12.4 Å². The van der Waals surface area contributed by atoms with E-state index in [1.54, 1.807) is 6.20 Å². The normalized spacial score (nSPS) is 17.2. The number of nitrogens with two attached hydrogens (primary N) is 1. The maximum absolute atomic E-state index is 12.0. The third kappa shape index (κ3) is 1.76. The van der Waals surface area contributed by atoms with E-state index < -0.39 is 5.41 Å². The summed E-state index contributed by atoms with van der Waals surface area (Å²) in [5.41, 5.74) is 4.95. The molecule has 0 saturated heterocycles. The maximum Gasteiger partial charge on any atom is 0.238 e. The molecule has 0 atom stereocenters. The molecule has 1 saturated carbocycles. The number of anilines is 1. The van der Waals surface area contributed by atoms with E-state index in [0.29, 0.717) is 18.7 Å². The quantitative estimate of drug-likeness (QED) is 0.761. The minimum absolute atomic E-state index is 0.174. The first-order chi connectivity index (χ1) is 7.65. The van der Waals surface area contributed by atoms with Crippen LogP contribution in [0, 0.1) is 5.41 Å². The second kappa shape index (κ2) is 4.13. The first-order valence-corrected chi connectivity index (χ1v) is 5.43. The highest BCUT2D eigenvalue weighted by Crippen LogP contribution is 2.42. The number of hydrogen-bond donors (Lipinski definition) is 2. The fourth-order valence-electron chi connectivity index (χ4n) is 1.72. The van der Waals surface area contributed by atoms with Gasteiger partial charge in [-0.25, -0.2) is 4.98 Å². The number of nitrogens with zero attached hydrogens (tertiary/aromatic N) is 2. The van der Waals surface area contributed by atoms with Crippen molar-refractivity contribution in [1.82, 2.24) is 9.97 Å². The monoisotopic (exact) mass is 236 g/mol. The summed E-state index contributed by atoms with van der Waals surface area (Å²) in [6, 6.07) is 0. The SMILES string of the molecule is NC(=S)C1(C(=O)Nc2cnccn2)CCC1. The lowest BCUT2D eigenvalue weighted by Gasteiger charge is -2.38. The number of nitrogens with one attached hydrogen (secondary N) is 1. The zero-order valence-electron chi connectivity index (χ0n) is 8.64. The Hall–Kier alpha value is -1.56. The van der Waals surface area contributed by atoms with Crippen molar-refractivity contribution < 1.29 is 4.79 Å². The molecule has 1 heterocycles. The van der Waals surface area contributed by atoms with E-state index in [1.165, 1.54) is 12.4 Å². The zero-order valence-corrected chi connectivity index (χ0v) is 9.46. The summed E-state index contributed by atoms with van der Waals surface area (Å²) >= 11 is 4.95. The molecule has 6 heteroatoms. The number of thiocarbonyl (C=S) groups is 1. The zero-order chi connectivity index (χ0) is 11.6. The Morgan fingerprint density at radius 1 is 1.50 bits per heavy atom. The Kier molecular flexibility index (Phi) is 2.82. The predicted octanol–water partition coefficient (Wildman–Crippen LogP) is 0.872. The van der Waals surface area contributed by atoms with E-state index in [-0.39, 0.29) is 10.9 Å². The lowest BCUT2D eigenvalue weighted by molar-refractivity contribution is -0.125. The van der Waals surface area contributed by atoms with Crippen LogP contribution in [0.5, 0.6) is 0 Å². The molecule has 1 fully saturated rings. The molecule has 1 aromatic rings. The predicted molar refractivity (Wildman–Crippen MR) is 63.7 cm³/mol. The number of carbonyl (C=O) groups is 1. The molecule has 1 aliphatic carbocycles. The fourth-order valence-corrected chi connectivity index (χ4v) is 2.01. The fraction of sp³-hybridized carbons (Fsp3) is 0.400. The summed E-state index contributed by atoms with van der Waals surface area (Å²) in [6.45, 7) is 0. The van der Waals surface area contributed by atoms with Crippen LogP contribution in [0.4, 0.5) is 5.82 Å². The topological polar surface area (TPSA) is 80.9 Å². The Morgan fingerprint density at radius 3 is 2.69 bits per heavy atom. The van der Waals surface area contributed by atoms with Crippen molar-refractivity contribution >= 4 is 28.9 Å². The number of aromatic nitrogens is 2.